The number of nitrogens with one attached hydrogen (secondary N) is 2. The first-order valence-electron chi connectivity index (χ1n) is 12.6. The minimum atomic E-state index is -0.0251. The lowest BCUT2D eigenvalue weighted by Crippen LogP contribution is -2.49. The van der Waals surface area contributed by atoms with Gasteiger partial charge in [-0.15, -0.1) is 0 Å². The fourth-order valence-corrected chi connectivity index (χ4v) is 4.06. The number of hydrogen-bond donors (Lipinski definition) is 2. The fraction of sp³-hybridized carbons (Fsp3) is 0.958. The SMILES string of the molecule is CCCCCCCCCCCCCCCCCCNC(=O)NN1CCCCC1. The van der Waals surface area contributed by atoms with Crippen LogP contribution in [0.5, 0.6) is 0 Å². The van der Waals surface area contributed by atoms with E-state index in [0.717, 1.165) is 26.1 Å². The molecule has 2 amide bonds. The summed E-state index contributed by atoms with van der Waals surface area (Å²) >= 11 is 0. The maximum Gasteiger partial charge on any atom is 0.329 e. The van der Waals surface area contributed by atoms with Gasteiger partial charge in [0.2, 0.25) is 0 Å². The third kappa shape index (κ3) is 16.2. The fourth-order valence-electron chi connectivity index (χ4n) is 4.06. The van der Waals surface area contributed by atoms with Crippen LogP contribution in [0.4, 0.5) is 4.79 Å². The van der Waals surface area contributed by atoms with Crippen molar-refractivity contribution in [3.63, 3.8) is 0 Å². The molecule has 4 nitrogen and oxygen atoms in total. The first-order valence-corrected chi connectivity index (χ1v) is 12.6. The summed E-state index contributed by atoms with van der Waals surface area (Å²) in [6.45, 7) is 5.08. The zero-order valence-corrected chi connectivity index (χ0v) is 18.9. The number of urea groups is 1. The molecule has 0 aliphatic carbocycles. The minimum absolute atomic E-state index is 0.0251. The van der Waals surface area contributed by atoms with Crippen molar-refractivity contribution in [2.24, 2.45) is 0 Å². The van der Waals surface area contributed by atoms with Crippen LogP contribution in [0.2, 0.25) is 0 Å². The van der Waals surface area contributed by atoms with Gasteiger partial charge in [0.25, 0.3) is 0 Å². The van der Waals surface area contributed by atoms with Crippen molar-refractivity contribution >= 4 is 6.03 Å². The van der Waals surface area contributed by atoms with E-state index in [9.17, 15) is 4.79 Å². The summed E-state index contributed by atoms with van der Waals surface area (Å²) in [4.78, 5) is 11.8. The first-order chi connectivity index (χ1) is 13.8. The van der Waals surface area contributed by atoms with Crippen LogP contribution in [0.25, 0.3) is 0 Å². The third-order valence-electron chi connectivity index (χ3n) is 5.93. The molecule has 0 saturated carbocycles. The maximum absolute atomic E-state index is 11.8. The number of hydrazine groups is 1. The van der Waals surface area contributed by atoms with Crippen molar-refractivity contribution in [2.45, 2.75) is 129 Å². The Morgan fingerprint density at radius 2 is 1.07 bits per heavy atom. The molecule has 0 spiro atoms. The lowest BCUT2D eigenvalue weighted by atomic mass is 10.0. The summed E-state index contributed by atoms with van der Waals surface area (Å²) in [5.41, 5.74) is 2.96. The number of piperidine rings is 1. The average Bonchev–Trinajstić information content (AvgIpc) is 2.71. The smallest absolute Gasteiger partial charge is 0.329 e. The van der Waals surface area contributed by atoms with E-state index in [4.69, 9.17) is 0 Å². The minimum Gasteiger partial charge on any atom is -0.337 e. The van der Waals surface area contributed by atoms with Gasteiger partial charge in [-0.3, -0.25) is 5.43 Å². The van der Waals surface area contributed by atoms with Crippen molar-refractivity contribution in [1.29, 1.82) is 0 Å². The second-order valence-corrected chi connectivity index (χ2v) is 8.72. The Labute approximate surface area is 175 Å². The van der Waals surface area contributed by atoms with Crippen molar-refractivity contribution in [3.8, 4) is 0 Å². The Hall–Kier alpha value is -0.770. The van der Waals surface area contributed by atoms with Gasteiger partial charge < -0.3 is 5.32 Å². The molecule has 1 fully saturated rings. The zero-order chi connectivity index (χ0) is 20.1. The van der Waals surface area contributed by atoms with E-state index < -0.39 is 0 Å². The molecule has 0 aromatic heterocycles. The lowest BCUT2D eigenvalue weighted by Gasteiger charge is -2.26. The van der Waals surface area contributed by atoms with Gasteiger partial charge in [-0.2, -0.15) is 0 Å². The van der Waals surface area contributed by atoms with Crippen LogP contribution in [-0.2, 0) is 0 Å². The predicted octanol–water partition coefficient (Wildman–Crippen LogP) is 6.95. The van der Waals surface area contributed by atoms with E-state index >= 15 is 0 Å². The van der Waals surface area contributed by atoms with Gasteiger partial charge in [-0.1, -0.05) is 110 Å². The van der Waals surface area contributed by atoms with Gasteiger partial charge in [-0.05, 0) is 19.3 Å². The lowest BCUT2D eigenvalue weighted by molar-refractivity contribution is 0.155. The highest BCUT2D eigenvalue weighted by Crippen LogP contribution is 2.13. The van der Waals surface area contributed by atoms with E-state index in [2.05, 4.69) is 17.7 Å². The monoisotopic (exact) mass is 395 g/mol. The number of unbranched alkanes of at least 4 members (excludes halogenated alkanes) is 15. The standard InChI is InChI=1S/C24H49N3O/c1-2-3-4-5-6-7-8-9-10-11-12-13-14-15-16-18-21-25-24(28)26-27-22-19-17-20-23-27/h2-23H2,1H3,(H2,25,26,28). The summed E-state index contributed by atoms with van der Waals surface area (Å²) < 4.78 is 0. The van der Waals surface area contributed by atoms with Gasteiger partial charge >= 0.3 is 6.03 Å². The Morgan fingerprint density at radius 3 is 1.54 bits per heavy atom. The summed E-state index contributed by atoms with van der Waals surface area (Å²) in [7, 11) is 0. The summed E-state index contributed by atoms with van der Waals surface area (Å²) in [5.74, 6) is 0. The van der Waals surface area contributed by atoms with E-state index in [1.807, 2.05) is 5.01 Å². The quantitative estimate of drug-likeness (QED) is 0.247. The van der Waals surface area contributed by atoms with E-state index in [1.54, 1.807) is 0 Å². The Bertz CT molecular complexity index is 343. The molecule has 0 aromatic rings. The van der Waals surface area contributed by atoms with Gasteiger partial charge in [0.1, 0.15) is 0 Å². The molecular formula is C24H49N3O. The Kier molecular flexibility index (Phi) is 17.6. The molecule has 166 valence electrons. The molecule has 0 radical (unpaired) electrons. The van der Waals surface area contributed by atoms with Gasteiger partial charge in [-0.25, -0.2) is 9.80 Å². The van der Waals surface area contributed by atoms with Crippen molar-refractivity contribution in [1.82, 2.24) is 15.8 Å². The van der Waals surface area contributed by atoms with Crippen LogP contribution >= 0.6 is 0 Å². The Balaban J connectivity index is 1.71. The number of carbonyl (C=O) groups excluding carboxylic acids is 1. The molecule has 1 heterocycles. The van der Waals surface area contributed by atoms with Crippen molar-refractivity contribution < 1.29 is 4.79 Å². The number of nitrogens with zero attached hydrogens (tertiary/aromatic N) is 1. The third-order valence-corrected chi connectivity index (χ3v) is 5.93. The van der Waals surface area contributed by atoms with E-state index in [1.165, 1.54) is 116 Å². The number of rotatable bonds is 18. The molecule has 4 heteroatoms. The highest BCUT2D eigenvalue weighted by molar-refractivity contribution is 5.73. The normalized spacial score (nSPS) is 14.9. The summed E-state index contributed by atoms with van der Waals surface area (Å²) in [5, 5.41) is 5.04. The molecular weight excluding hydrogens is 346 g/mol. The highest BCUT2D eigenvalue weighted by atomic mass is 16.2. The molecule has 1 saturated heterocycles. The van der Waals surface area contributed by atoms with Gasteiger partial charge in [0.15, 0.2) is 0 Å². The predicted molar refractivity (Wildman–Crippen MR) is 122 cm³/mol. The van der Waals surface area contributed by atoms with Crippen LogP contribution in [0.15, 0.2) is 0 Å². The topological polar surface area (TPSA) is 44.4 Å². The van der Waals surface area contributed by atoms with Crippen LogP contribution in [0, 0.1) is 0 Å². The van der Waals surface area contributed by atoms with E-state index in [0.29, 0.717) is 0 Å². The molecule has 1 aliphatic rings. The molecule has 0 atom stereocenters. The highest BCUT2D eigenvalue weighted by Gasteiger charge is 2.11. The van der Waals surface area contributed by atoms with Crippen LogP contribution in [0.3, 0.4) is 0 Å². The average molecular weight is 396 g/mol. The summed E-state index contributed by atoms with van der Waals surface area (Å²) in [6, 6.07) is -0.0251. The van der Waals surface area contributed by atoms with Crippen LogP contribution in [-0.4, -0.2) is 30.7 Å². The molecule has 0 aromatic carbocycles. The van der Waals surface area contributed by atoms with Crippen LogP contribution < -0.4 is 10.7 Å². The second-order valence-electron chi connectivity index (χ2n) is 8.72. The second kappa shape index (κ2) is 19.5. The van der Waals surface area contributed by atoms with Gasteiger partial charge in [0.05, 0.1) is 0 Å². The van der Waals surface area contributed by atoms with Crippen molar-refractivity contribution in [3.05, 3.63) is 0 Å². The molecule has 1 rings (SSSR count). The zero-order valence-electron chi connectivity index (χ0n) is 18.9. The molecule has 2 N–H and O–H groups in total. The van der Waals surface area contributed by atoms with Crippen molar-refractivity contribution in [2.75, 3.05) is 19.6 Å². The number of carbonyl (C=O) groups is 1. The number of amides is 2. The molecule has 1 aliphatic heterocycles. The van der Waals surface area contributed by atoms with Gasteiger partial charge in [0, 0.05) is 19.6 Å². The molecule has 28 heavy (non-hydrogen) atoms. The molecule has 0 unspecified atom stereocenters. The number of hydrogen-bond acceptors (Lipinski definition) is 2. The first kappa shape index (κ1) is 25.3. The molecule has 0 bridgehead atoms. The summed E-state index contributed by atoms with van der Waals surface area (Å²) in [6.07, 6.45) is 25.8. The maximum atomic E-state index is 11.8. The van der Waals surface area contributed by atoms with E-state index in [-0.39, 0.29) is 6.03 Å². The largest absolute Gasteiger partial charge is 0.337 e. The Morgan fingerprint density at radius 1 is 0.643 bits per heavy atom. The van der Waals surface area contributed by atoms with Crippen LogP contribution in [0.1, 0.15) is 129 Å².